The summed E-state index contributed by atoms with van der Waals surface area (Å²) in [6.07, 6.45) is 6.27. The molecule has 0 spiro atoms. The summed E-state index contributed by atoms with van der Waals surface area (Å²) in [5.41, 5.74) is 0. The SMILES string of the molecule is CC(C)NCCCCCCCC(=O)NCCOCCOCCOCCNC(=O)C(C)C. The Morgan fingerprint density at radius 1 is 0.645 bits per heavy atom. The maximum Gasteiger partial charge on any atom is 0.222 e. The molecule has 8 nitrogen and oxygen atoms in total. The highest BCUT2D eigenvalue weighted by Crippen LogP contribution is 2.05. The van der Waals surface area contributed by atoms with Gasteiger partial charge in [0.1, 0.15) is 0 Å². The topological polar surface area (TPSA) is 97.9 Å². The molecule has 0 fully saturated rings. The largest absolute Gasteiger partial charge is 0.377 e. The van der Waals surface area contributed by atoms with E-state index in [1.54, 1.807) is 0 Å². The molecule has 2 amide bonds. The van der Waals surface area contributed by atoms with Crippen LogP contribution in [0.1, 0.15) is 66.2 Å². The Balaban J connectivity index is 3.21. The van der Waals surface area contributed by atoms with Crippen molar-refractivity contribution in [2.75, 3.05) is 59.3 Å². The summed E-state index contributed by atoms with van der Waals surface area (Å²) in [7, 11) is 0. The molecule has 0 aliphatic carbocycles. The lowest BCUT2D eigenvalue weighted by molar-refractivity contribution is -0.124. The van der Waals surface area contributed by atoms with E-state index < -0.39 is 0 Å². The first-order valence-corrected chi connectivity index (χ1v) is 11.9. The van der Waals surface area contributed by atoms with E-state index in [2.05, 4.69) is 29.8 Å². The van der Waals surface area contributed by atoms with Crippen LogP contribution in [0.15, 0.2) is 0 Å². The molecule has 0 radical (unpaired) electrons. The van der Waals surface area contributed by atoms with Crippen LogP contribution in [0, 0.1) is 5.92 Å². The van der Waals surface area contributed by atoms with Gasteiger partial charge in [-0.15, -0.1) is 0 Å². The highest BCUT2D eigenvalue weighted by atomic mass is 16.5. The fourth-order valence-electron chi connectivity index (χ4n) is 2.68. The number of hydrogen-bond donors (Lipinski definition) is 3. The summed E-state index contributed by atoms with van der Waals surface area (Å²) in [6, 6.07) is 0.557. The van der Waals surface area contributed by atoms with Gasteiger partial charge in [-0.25, -0.2) is 0 Å². The zero-order valence-electron chi connectivity index (χ0n) is 20.3. The van der Waals surface area contributed by atoms with E-state index in [1.165, 1.54) is 19.3 Å². The number of unbranched alkanes of at least 4 members (excludes halogenated alkanes) is 4. The summed E-state index contributed by atoms with van der Waals surface area (Å²) >= 11 is 0. The van der Waals surface area contributed by atoms with Crippen LogP contribution < -0.4 is 16.0 Å². The molecule has 8 heteroatoms. The zero-order valence-corrected chi connectivity index (χ0v) is 20.3. The number of rotatable bonds is 22. The molecule has 0 aromatic rings. The first kappa shape index (κ1) is 29.8. The molecule has 0 rings (SSSR count). The minimum atomic E-state index is -0.00564. The number of ether oxygens (including phenoxy) is 3. The van der Waals surface area contributed by atoms with Crippen molar-refractivity contribution in [3.63, 3.8) is 0 Å². The van der Waals surface area contributed by atoms with Crippen molar-refractivity contribution < 1.29 is 23.8 Å². The van der Waals surface area contributed by atoms with Crippen LogP contribution in [0.5, 0.6) is 0 Å². The van der Waals surface area contributed by atoms with Crippen molar-refractivity contribution in [1.82, 2.24) is 16.0 Å². The van der Waals surface area contributed by atoms with E-state index in [-0.39, 0.29) is 17.7 Å². The van der Waals surface area contributed by atoms with Crippen LogP contribution in [-0.2, 0) is 23.8 Å². The fraction of sp³-hybridized carbons (Fsp3) is 0.913. The van der Waals surface area contributed by atoms with E-state index in [1.807, 2.05) is 13.8 Å². The average Bonchev–Trinajstić information content (AvgIpc) is 2.72. The first-order chi connectivity index (χ1) is 14.9. The molecule has 0 aliphatic rings. The Labute approximate surface area is 189 Å². The van der Waals surface area contributed by atoms with Crippen molar-refractivity contribution in [3.8, 4) is 0 Å². The van der Waals surface area contributed by atoms with Gasteiger partial charge in [-0.3, -0.25) is 9.59 Å². The van der Waals surface area contributed by atoms with Crippen molar-refractivity contribution in [1.29, 1.82) is 0 Å². The van der Waals surface area contributed by atoms with Crippen LogP contribution in [0.2, 0.25) is 0 Å². The maximum absolute atomic E-state index is 11.8. The van der Waals surface area contributed by atoms with Gasteiger partial charge < -0.3 is 30.2 Å². The maximum atomic E-state index is 11.8. The quantitative estimate of drug-likeness (QED) is 0.221. The summed E-state index contributed by atoms with van der Waals surface area (Å²) in [4.78, 5) is 23.1. The lowest BCUT2D eigenvalue weighted by Crippen LogP contribution is -2.31. The second-order valence-electron chi connectivity index (χ2n) is 8.26. The molecular formula is C23H47N3O5. The van der Waals surface area contributed by atoms with Crippen molar-refractivity contribution >= 4 is 11.8 Å². The number of amides is 2. The molecule has 0 aromatic heterocycles. The zero-order chi connectivity index (χ0) is 23.2. The fourth-order valence-corrected chi connectivity index (χ4v) is 2.68. The smallest absolute Gasteiger partial charge is 0.222 e. The van der Waals surface area contributed by atoms with E-state index >= 15 is 0 Å². The monoisotopic (exact) mass is 445 g/mol. The third-order valence-corrected chi connectivity index (χ3v) is 4.52. The summed E-state index contributed by atoms with van der Waals surface area (Å²) in [6.45, 7) is 13.1. The van der Waals surface area contributed by atoms with Crippen molar-refractivity contribution in [3.05, 3.63) is 0 Å². The van der Waals surface area contributed by atoms with Gasteiger partial charge in [-0.2, -0.15) is 0 Å². The Hall–Kier alpha value is -1.22. The van der Waals surface area contributed by atoms with Gasteiger partial charge in [0.25, 0.3) is 0 Å². The van der Waals surface area contributed by atoms with Crippen LogP contribution >= 0.6 is 0 Å². The Morgan fingerprint density at radius 2 is 1.16 bits per heavy atom. The minimum Gasteiger partial charge on any atom is -0.377 e. The molecule has 0 heterocycles. The first-order valence-electron chi connectivity index (χ1n) is 11.9. The van der Waals surface area contributed by atoms with Gasteiger partial charge in [0, 0.05) is 31.5 Å². The van der Waals surface area contributed by atoms with Crippen LogP contribution in [-0.4, -0.2) is 77.1 Å². The summed E-state index contributed by atoms with van der Waals surface area (Å²) in [5.74, 6) is 0.131. The number of carbonyl (C=O) groups excluding carboxylic acids is 2. The minimum absolute atomic E-state index is 0.00564. The predicted octanol–water partition coefficient (Wildman–Crippen LogP) is 2.26. The van der Waals surface area contributed by atoms with Gasteiger partial charge in [-0.05, 0) is 19.4 Å². The molecule has 0 saturated carbocycles. The third-order valence-electron chi connectivity index (χ3n) is 4.52. The number of hydrogen-bond acceptors (Lipinski definition) is 6. The number of nitrogens with one attached hydrogen (secondary N) is 3. The van der Waals surface area contributed by atoms with E-state index in [0.717, 1.165) is 19.4 Å². The van der Waals surface area contributed by atoms with Gasteiger partial charge in [0.15, 0.2) is 0 Å². The highest BCUT2D eigenvalue weighted by molar-refractivity contribution is 5.77. The normalized spacial score (nSPS) is 11.3. The van der Waals surface area contributed by atoms with E-state index in [4.69, 9.17) is 14.2 Å². The predicted molar refractivity (Wildman–Crippen MR) is 124 cm³/mol. The van der Waals surface area contributed by atoms with Crippen LogP contribution in [0.25, 0.3) is 0 Å². The molecule has 0 aliphatic heterocycles. The van der Waals surface area contributed by atoms with Gasteiger partial charge in [0.2, 0.25) is 11.8 Å². The van der Waals surface area contributed by atoms with E-state index in [9.17, 15) is 9.59 Å². The third kappa shape index (κ3) is 23.3. The number of carbonyl (C=O) groups is 2. The molecule has 3 N–H and O–H groups in total. The molecule has 184 valence electrons. The molecule has 0 saturated heterocycles. The Morgan fingerprint density at radius 3 is 1.74 bits per heavy atom. The van der Waals surface area contributed by atoms with Crippen molar-refractivity contribution in [2.24, 2.45) is 5.92 Å². The summed E-state index contributed by atoms with van der Waals surface area (Å²) in [5, 5.41) is 9.09. The standard InChI is InChI=1S/C23H47N3O5/c1-20(2)23(28)26-13-15-30-17-19-31-18-16-29-14-12-25-22(27)10-8-6-5-7-9-11-24-21(3)4/h20-21,24H,5-19H2,1-4H3,(H,25,27)(H,26,28). The molecule has 0 bridgehead atoms. The molecule has 0 aromatic carbocycles. The average molecular weight is 446 g/mol. The van der Waals surface area contributed by atoms with Crippen LogP contribution in [0.3, 0.4) is 0 Å². The second-order valence-corrected chi connectivity index (χ2v) is 8.26. The molecule has 0 atom stereocenters. The van der Waals surface area contributed by atoms with Gasteiger partial charge in [-0.1, -0.05) is 47.0 Å². The molecular weight excluding hydrogens is 398 g/mol. The van der Waals surface area contributed by atoms with Gasteiger partial charge in [0.05, 0.1) is 39.6 Å². The highest BCUT2D eigenvalue weighted by Gasteiger charge is 2.04. The van der Waals surface area contributed by atoms with Crippen LogP contribution in [0.4, 0.5) is 0 Å². The Kier molecular flexibility index (Phi) is 21.1. The molecule has 31 heavy (non-hydrogen) atoms. The second kappa shape index (κ2) is 22.0. The van der Waals surface area contributed by atoms with Crippen molar-refractivity contribution in [2.45, 2.75) is 72.3 Å². The summed E-state index contributed by atoms with van der Waals surface area (Å²) < 4.78 is 16.2. The Bertz CT molecular complexity index is 433. The van der Waals surface area contributed by atoms with E-state index in [0.29, 0.717) is 65.2 Å². The lowest BCUT2D eigenvalue weighted by atomic mass is 10.1. The lowest BCUT2D eigenvalue weighted by Gasteiger charge is -2.09. The van der Waals surface area contributed by atoms with Gasteiger partial charge >= 0.3 is 0 Å². The molecule has 0 unspecified atom stereocenters.